The van der Waals surface area contributed by atoms with Gasteiger partial charge in [0.05, 0.1) is 14.2 Å². The lowest BCUT2D eigenvalue weighted by Crippen LogP contribution is -2.37. The van der Waals surface area contributed by atoms with Crippen molar-refractivity contribution in [2.24, 2.45) is 0 Å². The second-order valence-corrected chi connectivity index (χ2v) is 10.3. The van der Waals surface area contributed by atoms with Crippen molar-refractivity contribution in [2.75, 3.05) is 40.4 Å². The fourth-order valence-electron chi connectivity index (χ4n) is 3.29. The second kappa shape index (κ2) is 8.70. The minimum absolute atomic E-state index is 0.0504. The Morgan fingerprint density at radius 1 is 0.655 bits per heavy atom. The van der Waals surface area contributed by atoms with E-state index in [4.69, 9.17) is 9.47 Å². The molecule has 8 nitrogen and oxygen atoms in total. The van der Waals surface area contributed by atoms with E-state index in [1.54, 1.807) is 36.4 Å². The molecular weight excluding hydrogens is 416 g/mol. The molecule has 1 fully saturated rings. The minimum Gasteiger partial charge on any atom is -0.495 e. The van der Waals surface area contributed by atoms with E-state index in [9.17, 15) is 16.8 Å². The van der Waals surface area contributed by atoms with Gasteiger partial charge in [-0.05, 0) is 30.7 Å². The van der Waals surface area contributed by atoms with Gasteiger partial charge in [0.1, 0.15) is 21.3 Å². The normalized spacial score (nSPS) is 16.9. The van der Waals surface area contributed by atoms with Crippen LogP contribution in [-0.2, 0) is 20.0 Å². The third-order valence-corrected chi connectivity index (χ3v) is 8.66. The second-order valence-electron chi connectivity index (χ2n) is 6.46. The molecule has 29 heavy (non-hydrogen) atoms. The van der Waals surface area contributed by atoms with E-state index in [-0.39, 0.29) is 47.5 Å². The molecule has 3 rings (SSSR count). The van der Waals surface area contributed by atoms with Crippen LogP contribution in [0.15, 0.2) is 58.3 Å². The van der Waals surface area contributed by atoms with Crippen molar-refractivity contribution in [2.45, 2.75) is 16.2 Å². The van der Waals surface area contributed by atoms with Crippen LogP contribution >= 0.6 is 0 Å². The molecule has 0 radical (unpaired) electrons. The van der Waals surface area contributed by atoms with E-state index in [0.29, 0.717) is 6.42 Å². The van der Waals surface area contributed by atoms with Crippen molar-refractivity contribution >= 4 is 20.0 Å². The largest absolute Gasteiger partial charge is 0.495 e. The van der Waals surface area contributed by atoms with E-state index in [1.807, 2.05) is 0 Å². The smallest absolute Gasteiger partial charge is 0.246 e. The molecule has 0 amide bonds. The number of hydrogen-bond acceptors (Lipinski definition) is 6. The van der Waals surface area contributed by atoms with Crippen LogP contribution in [0.1, 0.15) is 6.42 Å². The van der Waals surface area contributed by atoms with Gasteiger partial charge in [-0.25, -0.2) is 16.8 Å². The molecule has 2 aromatic rings. The SMILES string of the molecule is COc1ccccc1S(=O)(=O)N1CCCN(S(=O)(=O)c2ccccc2OC)CC1. The van der Waals surface area contributed by atoms with E-state index < -0.39 is 20.0 Å². The Hall–Kier alpha value is -2.14. The van der Waals surface area contributed by atoms with Crippen LogP contribution in [0, 0.1) is 0 Å². The van der Waals surface area contributed by atoms with E-state index in [0.717, 1.165) is 0 Å². The zero-order valence-corrected chi connectivity index (χ0v) is 17.9. The van der Waals surface area contributed by atoms with Crippen molar-refractivity contribution in [1.29, 1.82) is 0 Å². The lowest BCUT2D eigenvalue weighted by molar-refractivity contribution is 0.384. The number of para-hydroxylation sites is 2. The van der Waals surface area contributed by atoms with E-state index >= 15 is 0 Å². The molecule has 10 heteroatoms. The van der Waals surface area contributed by atoms with Crippen molar-refractivity contribution < 1.29 is 26.3 Å². The highest BCUT2D eigenvalue weighted by atomic mass is 32.2. The summed E-state index contributed by atoms with van der Waals surface area (Å²) < 4.78 is 65.4. The summed E-state index contributed by atoms with van der Waals surface area (Å²) in [5.41, 5.74) is 0. The lowest BCUT2D eigenvalue weighted by atomic mass is 10.3. The Balaban J connectivity index is 1.85. The van der Waals surface area contributed by atoms with Crippen LogP contribution in [0.2, 0.25) is 0 Å². The number of methoxy groups -OCH3 is 2. The van der Waals surface area contributed by atoms with Gasteiger partial charge >= 0.3 is 0 Å². The lowest BCUT2D eigenvalue weighted by Gasteiger charge is -2.23. The average molecular weight is 441 g/mol. The van der Waals surface area contributed by atoms with Crippen LogP contribution in [0.5, 0.6) is 11.5 Å². The fourth-order valence-corrected chi connectivity index (χ4v) is 6.54. The van der Waals surface area contributed by atoms with Crippen molar-refractivity contribution in [3.8, 4) is 11.5 Å². The first-order valence-corrected chi connectivity index (χ1v) is 12.0. The molecule has 0 bridgehead atoms. The van der Waals surface area contributed by atoms with Gasteiger partial charge in [-0.2, -0.15) is 8.61 Å². The number of rotatable bonds is 6. The van der Waals surface area contributed by atoms with E-state index in [2.05, 4.69) is 0 Å². The maximum absolute atomic E-state index is 13.1. The summed E-state index contributed by atoms with van der Waals surface area (Å²) in [5, 5.41) is 0. The summed E-state index contributed by atoms with van der Waals surface area (Å²) in [5.74, 6) is 0.519. The molecule has 1 saturated heterocycles. The highest BCUT2D eigenvalue weighted by Crippen LogP contribution is 2.29. The summed E-state index contributed by atoms with van der Waals surface area (Å²) in [6.45, 7) is 0.542. The number of hydrogen-bond donors (Lipinski definition) is 0. The molecule has 158 valence electrons. The van der Waals surface area contributed by atoms with Gasteiger partial charge in [0.2, 0.25) is 20.0 Å². The van der Waals surface area contributed by atoms with Crippen LogP contribution < -0.4 is 9.47 Å². The minimum atomic E-state index is -3.81. The quantitative estimate of drug-likeness (QED) is 0.680. The monoisotopic (exact) mass is 440 g/mol. The van der Waals surface area contributed by atoms with Crippen molar-refractivity contribution in [3.63, 3.8) is 0 Å². The maximum atomic E-state index is 13.1. The maximum Gasteiger partial charge on any atom is 0.246 e. The molecule has 0 atom stereocenters. The van der Waals surface area contributed by atoms with Gasteiger partial charge in [0.25, 0.3) is 0 Å². The first-order chi connectivity index (χ1) is 13.8. The van der Waals surface area contributed by atoms with Crippen molar-refractivity contribution in [1.82, 2.24) is 8.61 Å². The topological polar surface area (TPSA) is 93.2 Å². The molecule has 1 heterocycles. The molecule has 1 aliphatic heterocycles. The zero-order valence-electron chi connectivity index (χ0n) is 16.3. The zero-order chi connectivity index (χ0) is 21.1. The highest BCUT2D eigenvalue weighted by molar-refractivity contribution is 7.89. The summed E-state index contributed by atoms with van der Waals surface area (Å²) >= 11 is 0. The average Bonchev–Trinajstić information content (AvgIpc) is 3.01. The highest BCUT2D eigenvalue weighted by Gasteiger charge is 2.34. The Morgan fingerprint density at radius 3 is 1.41 bits per heavy atom. The predicted octanol–water partition coefficient (Wildman–Crippen LogP) is 1.79. The predicted molar refractivity (Wildman–Crippen MR) is 108 cm³/mol. The van der Waals surface area contributed by atoms with Gasteiger partial charge in [-0.15, -0.1) is 0 Å². The van der Waals surface area contributed by atoms with Gasteiger partial charge in [0, 0.05) is 26.2 Å². The Bertz CT molecular complexity index is 984. The van der Waals surface area contributed by atoms with Crippen LogP contribution in [0.4, 0.5) is 0 Å². The summed E-state index contributed by atoms with van der Waals surface area (Å²) in [6, 6.07) is 12.8. The van der Waals surface area contributed by atoms with Crippen LogP contribution in [0.3, 0.4) is 0 Å². The first-order valence-electron chi connectivity index (χ1n) is 9.08. The Morgan fingerprint density at radius 2 is 1.03 bits per heavy atom. The molecule has 0 unspecified atom stereocenters. The number of nitrogens with zero attached hydrogens (tertiary/aromatic N) is 2. The van der Waals surface area contributed by atoms with Crippen LogP contribution in [0.25, 0.3) is 0 Å². The number of sulfonamides is 2. The summed E-state index contributed by atoms with van der Waals surface area (Å²) in [4.78, 5) is 0.145. The van der Waals surface area contributed by atoms with Gasteiger partial charge in [0.15, 0.2) is 0 Å². The standard InChI is InChI=1S/C19H24N2O6S2/c1-26-16-8-3-5-10-18(16)28(22,23)20-12-7-13-21(15-14-20)29(24,25)19-11-6-4-9-17(19)27-2/h3-6,8-11H,7,12-15H2,1-2H3. The number of benzene rings is 2. The molecule has 0 saturated carbocycles. The van der Waals surface area contributed by atoms with E-state index in [1.165, 1.54) is 35.0 Å². The molecule has 1 aliphatic rings. The molecule has 2 aromatic carbocycles. The fraction of sp³-hybridized carbons (Fsp3) is 0.368. The molecule has 0 aromatic heterocycles. The van der Waals surface area contributed by atoms with Gasteiger partial charge in [-0.1, -0.05) is 24.3 Å². The summed E-state index contributed by atoms with van der Waals surface area (Å²) in [7, 11) is -4.79. The first kappa shape index (κ1) is 21.6. The Labute approximate surface area is 171 Å². The van der Waals surface area contributed by atoms with Crippen LogP contribution in [-0.4, -0.2) is 65.8 Å². The third kappa shape index (κ3) is 4.25. The van der Waals surface area contributed by atoms with Crippen molar-refractivity contribution in [3.05, 3.63) is 48.5 Å². The third-order valence-electron chi connectivity index (χ3n) is 4.79. The molecule has 0 N–H and O–H groups in total. The Kier molecular flexibility index (Phi) is 6.47. The van der Waals surface area contributed by atoms with Gasteiger partial charge < -0.3 is 9.47 Å². The number of ether oxygens (including phenoxy) is 2. The molecule has 0 spiro atoms. The van der Waals surface area contributed by atoms with Gasteiger partial charge in [-0.3, -0.25) is 0 Å². The molecule has 0 aliphatic carbocycles. The molecular formula is C19H24N2O6S2. The summed E-state index contributed by atoms with van der Waals surface area (Å²) in [6.07, 6.45) is 0.378.